The van der Waals surface area contributed by atoms with Gasteiger partial charge in [0, 0.05) is 0 Å². The summed E-state index contributed by atoms with van der Waals surface area (Å²) in [6.45, 7) is -2.08. The molecular formula is C25H38N2O33S5. The van der Waals surface area contributed by atoms with Crippen LogP contribution in [0.2, 0.25) is 0 Å². The van der Waals surface area contributed by atoms with Crippen LogP contribution in [0.25, 0.3) is 0 Å². The predicted molar refractivity (Wildman–Crippen MR) is 189 cm³/mol. The third-order valence-corrected chi connectivity index (χ3v) is 11.9. The van der Waals surface area contributed by atoms with Gasteiger partial charge in [0.2, 0.25) is 22.1 Å². The molecule has 376 valence electrons. The Bertz CT molecular complexity index is 2360. The van der Waals surface area contributed by atoms with Crippen LogP contribution in [0.4, 0.5) is 0 Å². The van der Waals surface area contributed by atoms with Crippen molar-refractivity contribution in [3.05, 3.63) is 11.8 Å². The van der Waals surface area contributed by atoms with E-state index in [0.717, 1.165) is 0 Å². The number of ether oxygens (including phenoxy) is 8. The number of aliphatic carboxylic acids is 2. The molecule has 5 aliphatic heterocycles. The molecule has 4 fully saturated rings. The lowest BCUT2D eigenvalue weighted by atomic mass is 9.95. The molecule has 5 rings (SSSR count). The highest BCUT2D eigenvalue weighted by atomic mass is 32.3. The van der Waals surface area contributed by atoms with E-state index < -0.39 is 193 Å². The van der Waals surface area contributed by atoms with Crippen molar-refractivity contribution in [1.82, 2.24) is 9.44 Å². The Hall–Kier alpha value is -2.57. The molecule has 65 heavy (non-hydrogen) atoms. The maximum absolute atomic E-state index is 12.7. The number of hydrogen-bond acceptors (Lipinski definition) is 27. The summed E-state index contributed by atoms with van der Waals surface area (Å²) in [5.74, 6) is -5.41. The van der Waals surface area contributed by atoms with Crippen molar-refractivity contribution in [2.45, 2.75) is 110 Å². The maximum atomic E-state index is 12.7. The van der Waals surface area contributed by atoms with E-state index in [4.69, 9.17) is 37.9 Å². The standard InChI is InChI=1S/C25H38N2O33S5/c1-61(36,37)26-9-11(29)15(7-3-50-22(9)53-7)56-25-18(60-65(47,48)49)13(31)17(19(58-25)21(34)35)57-23-10(27-62(38,39)40)12(30)16(8(54-23)4-51-63(41,42)43)55-24-14(59-64(44,45)46)5(28)2-6(52-24)20(32)33/h2,5,7-19,22-31H,3-4H2,1H3,(H,32,33)(H,34,35)(H,38,39,40)(H,41,42,43)(H,44,45,46)(H,47,48,49)/t5-,7+,8+,9-,10+,11+,12+,13-,14+,15?,16+,17?,18+,19?,22+,23?,24-,25+/m0/s1. The van der Waals surface area contributed by atoms with E-state index in [2.05, 4.69) is 12.5 Å². The highest BCUT2D eigenvalue weighted by Crippen LogP contribution is 2.37. The Kier molecular flexibility index (Phi) is 16.3. The summed E-state index contributed by atoms with van der Waals surface area (Å²) in [7, 11) is -26.8. The monoisotopic (exact) mass is 1050 g/mol. The molecule has 18 atom stereocenters. The molecule has 0 aliphatic carbocycles. The smallest absolute Gasteiger partial charge is 0.397 e. The van der Waals surface area contributed by atoms with Gasteiger partial charge in [-0.3, -0.25) is 18.2 Å². The van der Waals surface area contributed by atoms with Crippen LogP contribution in [0, 0.1) is 0 Å². The van der Waals surface area contributed by atoms with E-state index in [-0.39, 0.29) is 0 Å². The first-order valence-electron chi connectivity index (χ1n) is 17.4. The Morgan fingerprint density at radius 2 is 1.25 bits per heavy atom. The van der Waals surface area contributed by atoms with Crippen molar-refractivity contribution in [2.24, 2.45) is 0 Å². The van der Waals surface area contributed by atoms with Gasteiger partial charge < -0.3 is 68.5 Å². The van der Waals surface area contributed by atoms with Gasteiger partial charge in [0.15, 0.2) is 37.2 Å². The van der Waals surface area contributed by atoms with Crippen LogP contribution in [0.5, 0.6) is 0 Å². The van der Waals surface area contributed by atoms with Gasteiger partial charge in [-0.25, -0.2) is 35.3 Å². The number of nitrogens with one attached hydrogen (secondary N) is 2. The minimum Gasteiger partial charge on any atom is -0.479 e. The van der Waals surface area contributed by atoms with Gasteiger partial charge in [0.05, 0.1) is 19.5 Å². The Labute approximate surface area is 364 Å². The number of sulfonamides is 1. The molecule has 35 nitrogen and oxygen atoms in total. The molecule has 4 unspecified atom stereocenters. The fourth-order valence-corrected chi connectivity index (χ4v) is 9.44. The lowest BCUT2D eigenvalue weighted by molar-refractivity contribution is -0.357. The largest absolute Gasteiger partial charge is 0.479 e. The summed E-state index contributed by atoms with van der Waals surface area (Å²) in [4.78, 5) is 24.3. The van der Waals surface area contributed by atoms with Gasteiger partial charge >= 0.3 is 53.4 Å². The maximum Gasteiger partial charge on any atom is 0.397 e. The summed E-state index contributed by atoms with van der Waals surface area (Å²) in [6, 6.07) is -4.35. The van der Waals surface area contributed by atoms with Crippen molar-refractivity contribution in [2.75, 3.05) is 19.5 Å². The number of carboxylic acids is 2. The fraction of sp³-hybridized carbons (Fsp3) is 0.840. The second-order valence-electron chi connectivity index (χ2n) is 14.0. The zero-order valence-corrected chi connectivity index (χ0v) is 35.9. The molecular weight excluding hydrogens is 1020 g/mol. The number of hydrogen-bond donors (Lipinski definition) is 12. The van der Waals surface area contributed by atoms with Gasteiger partial charge in [-0.05, 0) is 6.08 Å². The lowest BCUT2D eigenvalue weighted by Gasteiger charge is -2.49. The van der Waals surface area contributed by atoms with Crippen molar-refractivity contribution in [3.63, 3.8) is 0 Å². The number of carboxylic acid groups (broad SMARTS) is 2. The minimum absolute atomic E-state index is 0.318. The summed E-state index contributed by atoms with van der Waals surface area (Å²) < 4.78 is 216. The average Bonchev–Trinajstić information content (AvgIpc) is 3.58. The zero-order chi connectivity index (χ0) is 48.9. The quantitative estimate of drug-likeness (QED) is 0.0535. The number of fused-ring (bicyclic) bond motifs is 2. The van der Waals surface area contributed by atoms with E-state index in [1.807, 2.05) is 4.72 Å². The Morgan fingerprint density at radius 1 is 0.677 bits per heavy atom. The number of rotatable bonds is 19. The third kappa shape index (κ3) is 14.0. The second kappa shape index (κ2) is 19.8. The van der Waals surface area contributed by atoms with Gasteiger partial charge in [-0.15, -0.1) is 0 Å². The van der Waals surface area contributed by atoms with Gasteiger partial charge in [-0.2, -0.15) is 38.4 Å². The predicted octanol–water partition coefficient (Wildman–Crippen LogP) is -8.93. The van der Waals surface area contributed by atoms with Crippen LogP contribution in [0.3, 0.4) is 0 Å². The first-order chi connectivity index (χ1) is 29.6. The first kappa shape index (κ1) is 53.4. The number of aliphatic hydroxyl groups is 4. The van der Waals surface area contributed by atoms with E-state index >= 15 is 0 Å². The molecule has 0 aromatic rings. The molecule has 12 N–H and O–H groups in total. The van der Waals surface area contributed by atoms with E-state index in [0.29, 0.717) is 12.3 Å². The molecule has 0 spiro atoms. The molecule has 2 bridgehead atoms. The summed E-state index contributed by atoms with van der Waals surface area (Å²) in [5, 5.41) is 64.1. The highest BCUT2D eigenvalue weighted by Gasteiger charge is 2.59. The number of aliphatic hydroxyl groups excluding tert-OH is 4. The molecule has 5 aliphatic rings. The van der Waals surface area contributed by atoms with Crippen molar-refractivity contribution >= 4 is 63.5 Å². The SMILES string of the molecule is CS(=O)(=O)N[C@@H]1[C@@H]2OC[C@@H](O2)C(O[C@@H]2OC(C(=O)O)C(OC3O[C@H](COS(=O)(=O)O)[C@@H](O[C@@H]4OC(C(=O)O)=C[C@H](O)[C@H]4OS(=O)(=O)O)[C@H](O)[C@H]3NS(=O)(=O)O)[C@H](O)[C@H]2OS(=O)(=O)O)[C@@H]1O. The van der Waals surface area contributed by atoms with E-state index in [9.17, 15) is 101 Å². The molecule has 0 aromatic heterocycles. The van der Waals surface area contributed by atoms with Crippen molar-refractivity contribution in [3.8, 4) is 0 Å². The van der Waals surface area contributed by atoms with Crippen molar-refractivity contribution in [1.29, 1.82) is 0 Å². The van der Waals surface area contributed by atoms with Crippen molar-refractivity contribution < 1.29 is 151 Å². The molecule has 0 saturated carbocycles. The molecule has 5 heterocycles. The van der Waals surface area contributed by atoms with Gasteiger partial charge in [-0.1, -0.05) is 0 Å². The Morgan fingerprint density at radius 3 is 1.78 bits per heavy atom. The molecule has 0 radical (unpaired) electrons. The van der Waals surface area contributed by atoms with E-state index in [1.54, 1.807) is 0 Å². The number of carbonyl (C=O) groups is 2. The molecule has 0 amide bonds. The summed E-state index contributed by atoms with van der Waals surface area (Å²) in [6.07, 6.45) is -37.5. The molecule has 4 saturated heterocycles. The molecule has 0 aromatic carbocycles. The van der Waals surface area contributed by atoms with Crippen LogP contribution >= 0.6 is 0 Å². The van der Waals surface area contributed by atoms with Crippen LogP contribution in [0.1, 0.15) is 0 Å². The second-order valence-corrected chi connectivity index (χ2v) is 20.1. The lowest BCUT2D eigenvalue weighted by Crippen LogP contribution is -2.70. The van der Waals surface area contributed by atoms with Crippen LogP contribution in [-0.2, 0) is 112 Å². The van der Waals surface area contributed by atoms with Crippen LogP contribution < -0.4 is 9.44 Å². The topological polar surface area (TPSA) is 533 Å². The normalized spacial score (nSPS) is 39.6. The van der Waals surface area contributed by atoms with E-state index in [1.165, 1.54) is 4.72 Å². The Balaban J connectivity index is 1.52. The average molecular weight is 1050 g/mol. The van der Waals surface area contributed by atoms with Crippen LogP contribution in [0.15, 0.2) is 11.8 Å². The minimum atomic E-state index is -5.78. The summed E-state index contributed by atoms with van der Waals surface area (Å²) in [5.41, 5.74) is 0. The fourth-order valence-electron chi connectivity index (χ4n) is 6.82. The molecule has 40 heteroatoms. The van der Waals surface area contributed by atoms with Gasteiger partial charge in [0.25, 0.3) is 0 Å². The highest BCUT2D eigenvalue weighted by molar-refractivity contribution is 7.88. The third-order valence-electron chi connectivity index (χ3n) is 9.27. The van der Waals surface area contributed by atoms with Crippen LogP contribution in [-0.4, -0.2) is 233 Å². The van der Waals surface area contributed by atoms with Gasteiger partial charge in [0.1, 0.15) is 67.0 Å². The summed E-state index contributed by atoms with van der Waals surface area (Å²) >= 11 is 0. The zero-order valence-electron chi connectivity index (χ0n) is 31.8. The first-order valence-corrected chi connectivity index (χ1v) is 24.8.